The Balaban J connectivity index is 1.36. The molecule has 0 fully saturated rings. The lowest BCUT2D eigenvalue weighted by molar-refractivity contribution is -0.157. The van der Waals surface area contributed by atoms with Gasteiger partial charge < -0.3 is 24.6 Å². The third kappa shape index (κ3) is 26.7. The molecule has 0 radical (unpaired) electrons. The zero-order chi connectivity index (χ0) is 48.0. The van der Waals surface area contributed by atoms with Gasteiger partial charge in [-0.3, -0.25) is 9.59 Å². The van der Waals surface area contributed by atoms with Crippen molar-refractivity contribution in [1.29, 1.82) is 0 Å². The number of alkyl carbamates (subject to hydrolysis) is 1. The molecule has 2 aromatic carbocycles. The molecule has 9 nitrogen and oxygen atoms in total. The number of benzene rings is 2. The van der Waals surface area contributed by atoms with Gasteiger partial charge >= 0.3 is 24.0 Å². The molecule has 2 N–H and O–H groups in total. The van der Waals surface area contributed by atoms with Gasteiger partial charge in [0.15, 0.2) is 0 Å². The fourth-order valence-electron chi connectivity index (χ4n) is 9.17. The third-order valence-electron chi connectivity index (χ3n) is 13.2. The summed E-state index contributed by atoms with van der Waals surface area (Å²) >= 11 is 1.23. The van der Waals surface area contributed by atoms with Gasteiger partial charge in [-0.15, -0.1) is 0 Å². The number of amides is 1. The van der Waals surface area contributed by atoms with Crippen molar-refractivity contribution in [3.05, 3.63) is 59.7 Å². The number of carboxylic acid groups (broad SMARTS) is 1. The van der Waals surface area contributed by atoms with Crippen molar-refractivity contribution >= 4 is 35.8 Å². The molecule has 0 bridgehead atoms. The molecule has 2 aromatic rings. The minimum atomic E-state index is -1.23. The van der Waals surface area contributed by atoms with Crippen molar-refractivity contribution in [2.75, 3.05) is 24.7 Å². The number of carboxylic acids is 1. The number of carbonyl (C=O) groups excluding carboxylic acids is 3. The van der Waals surface area contributed by atoms with Gasteiger partial charge in [-0.2, -0.15) is 11.8 Å². The van der Waals surface area contributed by atoms with E-state index in [1.54, 1.807) is 0 Å². The highest BCUT2D eigenvalue weighted by Crippen LogP contribution is 2.44. The molecule has 3 rings (SSSR count). The molecule has 0 aliphatic heterocycles. The molecule has 1 aliphatic carbocycles. The molecule has 0 heterocycles. The highest BCUT2D eigenvalue weighted by Gasteiger charge is 2.30. The topological polar surface area (TPSA) is 128 Å². The second kappa shape index (κ2) is 38.3. The number of hydrogen-bond acceptors (Lipinski definition) is 8. The van der Waals surface area contributed by atoms with Crippen molar-refractivity contribution in [2.45, 2.75) is 237 Å². The zero-order valence-electron chi connectivity index (χ0n) is 42.0. The first-order valence-electron chi connectivity index (χ1n) is 27.1. The second-order valence-corrected chi connectivity index (χ2v) is 20.2. The Kier molecular flexibility index (Phi) is 33.1. The lowest BCUT2D eigenvalue weighted by Crippen LogP contribution is -2.43. The third-order valence-corrected chi connectivity index (χ3v) is 14.4. The summed E-state index contributed by atoms with van der Waals surface area (Å²) < 4.78 is 17.1. The standard InChI is InChI=1S/C57H91NO8S/c1-3-5-7-9-11-13-15-17-19-21-23-25-27-29-31-41-54(59)64-43-47(66-55(60)42-32-30-28-26-24-22-20-18-16-14-12-10-8-6-4-2)45-67-46-53(56(61)62)58-57(63)65-44-52-50-39-35-33-37-48(50)49-38-34-36-40-51(49)52/h33-40,47,52-53H,3-32,41-46H2,1-2H3,(H,58,63)(H,61,62)/t47-,53+/m1/s1. The molecule has 1 amide bonds. The summed E-state index contributed by atoms with van der Waals surface area (Å²) in [5.74, 6) is -1.78. The molecule has 10 heteroatoms. The Bertz CT molecular complexity index is 1570. The number of unbranched alkanes of at least 4 members (excludes halogenated alkanes) is 28. The van der Waals surface area contributed by atoms with Gasteiger partial charge in [-0.05, 0) is 35.1 Å². The van der Waals surface area contributed by atoms with E-state index in [9.17, 15) is 24.3 Å². The van der Waals surface area contributed by atoms with Gasteiger partial charge in [0.2, 0.25) is 0 Å². The predicted octanol–water partition coefficient (Wildman–Crippen LogP) is 15.7. The van der Waals surface area contributed by atoms with Crippen LogP contribution in [0.15, 0.2) is 48.5 Å². The van der Waals surface area contributed by atoms with Crippen LogP contribution in [-0.4, -0.2) is 66.0 Å². The highest BCUT2D eigenvalue weighted by molar-refractivity contribution is 7.99. The normalized spacial score (nSPS) is 12.9. The number of fused-ring (bicyclic) bond motifs is 3. The Morgan fingerprint density at radius 1 is 0.522 bits per heavy atom. The summed E-state index contributed by atoms with van der Waals surface area (Å²) in [5.41, 5.74) is 4.34. The van der Waals surface area contributed by atoms with Crippen LogP contribution in [0.4, 0.5) is 4.79 Å². The van der Waals surface area contributed by atoms with Crippen molar-refractivity contribution in [1.82, 2.24) is 5.32 Å². The molecule has 0 saturated carbocycles. The number of hydrogen-bond donors (Lipinski definition) is 2. The summed E-state index contributed by atoms with van der Waals surface area (Å²) in [4.78, 5) is 51.0. The lowest BCUT2D eigenvalue weighted by Gasteiger charge is -2.20. The highest BCUT2D eigenvalue weighted by atomic mass is 32.2. The Morgan fingerprint density at radius 3 is 1.33 bits per heavy atom. The Morgan fingerprint density at radius 2 is 0.910 bits per heavy atom. The quantitative estimate of drug-likeness (QED) is 0.0379. The second-order valence-electron chi connectivity index (χ2n) is 19.1. The first-order chi connectivity index (χ1) is 32.8. The molecular formula is C57H91NO8S. The average Bonchev–Trinajstić information content (AvgIpc) is 3.65. The van der Waals surface area contributed by atoms with Crippen LogP contribution in [0.25, 0.3) is 11.1 Å². The van der Waals surface area contributed by atoms with Crippen LogP contribution in [0.5, 0.6) is 0 Å². The summed E-state index contributed by atoms with van der Waals surface area (Å²) in [5, 5.41) is 12.5. The number of thioether (sulfide) groups is 1. The first-order valence-corrected chi connectivity index (χ1v) is 28.3. The van der Waals surface area contributed by atoms with E-state index in [1.165, 1.54) is 166 Å². The van der Waals surface area contributed by atoms with E-state index >= 15 is 0 Å². The van der Waals surface area contributed by atoms with Gasteiger partial charge in [-0.25, -0.2) is 9.59 Å². The molecule has 2 atom stereocenters. The molecular weight excluding hydrogens is 859 g/mol. The fourth-order valence-corrected chi connectivity index (χ4v) is 10.2. The van der Waals surface area contributed by atoms with E-state index in [0.29, 0.717) is 6.42 Å². The molecule has 0 unspecified atom stereocenters. The largest absolute Gasteiger partial charge is 0.480 e. The van der Waals surface area contributed by atoms with Gasteiger partial charge in [0.1, 0.15) is 25.4 Å². The number of ether oxygens (including phenoxy) is 3. The van der Waals surface area contributed by atoms with Crippen molar-refractivity contribution in [3.63, 3.8) is 0 Å². The van der Waals surface area contributed by atoms with Crippen LogP contribution in [-0.2, 0) is 28.6 Å². The number of nitrogens with one attached hydrogen (secondary N) is 1. The first kappa shape index (κ1) is 57.8. The number of rotatable bonds is 43. The van der Waals surface area contributed by atoms with Crippen molar-refractivity contribution in [2.24, 2.45) is 0 Å². The number of carbonyl (C=O) groups is 4. The molecule has 378 valence electrons. The fraction of sp³-hybridized carbons (Fsp3) is 0.719. The summed E-state index contributed by atoms with van der Waals surface area (Å²) in [7, 11) is 0. The van der Waals surface area contributed by atoms with Crippen molar-refractivity contribution in [3.8, 4) is 11.1 Å². The van der Waals surface area contributed by atoms with Gasteiger partial charge in [0.25, 0.3) is 0 Å². The van der Waals surface area contributed by atoms with E-state index in [2.05, 4.69) is 31.3 Å². The van der Waals surface area contributed by atoms with Crippen LogP contribution in [0.1, 0.15) is 236 Å². The van der Waals surface area contributed by atoms with Crippen LogP contribution in [0.3, 0.4) is 0 Å². The molecule has 0 spiro atoms. The lowest BCUT2D eigenvalue weighted by atomic mass is 9.98. The van der Waals surface area contributed by atoms with Gasteiger partial charge in [0.05, 0.1) is 0 Å². The predicted molar refractivity (Wildman–Crippen MR) is 277 cm³/mol. The molecule has 1 aliphatic rings. The van der Waals surface area contributed by atoms with Crippen LogP contribution in [0.2, 0.25) is 0 Å². The maximum absolute atomic E-state index is 13.0. The Labute approximate surface area is 410 Å². The SMILES string of the molecule is CCCCCCCCCCCCCCCCCC(=O)OC[C@H](CSC[C@H](NC(=O)OCC1c2ccccc2-c2ccccc21)C(=O)O)OC(=O)CCCCCCCCCCCCCCCCC. The molecule has 0 aromatic heterocycles. The van der Waals surface area contributed by atoms with Gasteiger partial charge in [0, 0.05) is 30.3 Å². The van der Waals surface area contributed by atoms with E-state index in [1.807, 2.05) is 36.4 Å². The smallest absolute Gasteiger partial charge is 0.407 e. The number of aliphatic carboxylic acids is 1. The molecule has 0 saturated heterocycles. The summed E-state index contributed by atoms with van der Waals surface area (Å²) in [6.07, 6.45) is 36.5. The van der Waals surface area contributed by atoms with E-state index in [0.717, 1.165) is 60.8 Å². The minimum Gasteiger partial charge on any atom is -0.480 e. The van der Waals surface area contributed by atoms with Crippen LogP contribution < -0.4 is 5.32 Å². The summed E-state index contributed by atoms with van der Waals surface area (Å²) in [6, 6.07) is 14.8. The van der Waals surface area contributed by atoms with E-state index in [4.69, 9.17) is 14.2 Å². The van der Waals surface area contributed by atoms with E-state index < -0.39 is 24.2 Å². The maximum atomic E-state index is 13.0. The Hall–Kier alpha value is -3.53. The van der Waals surface area contributed by atoms with Crippen LogP contribution >= 0.6 is 11.8 Å². The minimum absolute atomic E-state index is 0.0136. The monoisotopic (exact) mass is 950 g/mol. The maximum Gasteiger partial charge on any atom is 0.407 e. The van der Waals surface area contributed by atoms with E-state index in [-0.39, 0.29) is 49.0 Å². The van der Waals surface area contributed by atoms with Crippen molar-refractivity contribution < 1.29 is 38.5 Å². The average molecular weight is 950 g/mol. The van der Waals surface area contributed by atoms with Crippen LogP contribution in [0, 0.1) is 0 Å². The summed E-state index contributed by atoms with van der Waals surface area (Å²) in [6.45, 7) is 4.50. The molecule has 67 heavy (non-hydrogen) atoms. The number of esters is 2. The van der Waals surface area contributed by atoms with Gasteiger partial charge in [-0.1, -0.05) is 242 Å². The zero-order valence-corrected chi connectivity index (χ0v) is 42.8.